The molecule has 4 rings (SSSR count). The van der Waals surface area contributed by atoms with Crippen LogP contribution < -0.4 is 27.0 Å². The van der Waals surface area contributed by atoms with E-state index in [9.17, 15) is 0 Å². The Kier molecular flexibility index (Phi) is 6.52. The van der Waals surface area contributed by atoms with Gasteiger partial charge in [-0.15, -0.1) is 0 Å². The van der Waals surface area contributed by atoms with Crippen molar-refractivity contribution in [3.05, 3.63) is 11.6 Å². The first-order chi connectivity index (χ1) is 13.1. The molecule has 2 saturated heterocycles. The minimum Gasteiger partial charge on any atom is -0.377 e. The van der Waals surface area contributed by atoms with Crippen LogP contribution in [-0.4, -0.2) is 50.3 Å². The van der Waals surface area contributed by atoms with Crippen LogP contribution in [0.3, 0.4) is 0 Å². The van der Waals surface area contributed by atoms with Gasteiger partial charge in [0.25, 0.3) is 0 Å². The van der Waals surface area contributed by atoms with Gasteiger partial charge in [0.15, 0.2) is 0 Å². The van der Waals surface area contributed by atoms with Gasteiger partial charge in [0.2, 0.25) is 0 Å². The molecule has 6 N–H and O–H groups in total. The molecule has 1 saturated carbocycles. The molecule has 0 amide bonds. The van der Waals surface area contributed by atoms with Crippen LogP contribution in [-0.2, 0) is 4.74 Å². The van der Waals surface area contributed by atoms with Gasteiger partial charge in [-0.05, 0) is 71.3 Å². The van der Waals surface area contributed by atoms with Gasteiger partial charge in [0.1, 0.15) is 6.29 Å². The van der Waals surface area contributed by atoms with Crippen molar-refractivity contribution in [2.75, 3.05) is 13.7 Å². The number of hydrogen-bond donors (Lipinski definition) is 5. The Bertz CT molecular complexity index is 527. The predicted octanol–water partition coefficient (Wildman–Crippen LogP) is 1.39. The Balaban J connectivity index is 1.44. The molecule has 2 heterocycles. The van der Waals surface area contributed by atoms with Crippen molar-refractivity contribution < 1.29 is 4.74 Å². The summed E-state index contributed by atoms with van der Waals surface area (Å²) in [7, 11) is 2.04. The molecular weight excluding hydrogens is 338 g/mol. The number of hydrogen-bond acceptors (Lipinski definition) is 6. The van der Waals surface area contributed by atoms with E-state index in [-0.39, 0.29) is 6.29 Å². The summed E-state index contributed by atoms with van der Waals surface area (Å²) >= 11 is 0. The first kappa shape index (κ1) is 19.8. The number of fused-ring (bicyclic) bond motifs is 1. The van der Waals surface area contributed by atoms with Gasteiger partial charge >= 0.3 is 0 Å². The maximum Gasteiger partial charge on any atom is 0.113 e. The van der Waals surface area contributed by atoms with E-state index in [4.69, 9.17) is 10.5 Å². The Morgan fingerprint density at radius 1 is 1.19 bits per heavy atom. The Hall–Kier alpha value is -0.500. The molecule has 27 heavy (non-hydrogen) atoms. The summed E-state index contributed by atoms with van der Waals surface area (Å²) < 4.78 is 6.32. The molecule has 0 aromatic rings. The maximum absolute atomic E-state index is 6.32. The molecule has 0 aromatic carbocycles. The zero-order valence-electron chi connectivity index (χ0n) is 17.0. The molecule has 2 aliphatic carbocycles. The molecule has 8 unspecified atom stereocenters. The maximum atomic E-state index is 6.32. The summed E-state index contributed by atoms with van der Waals surface area (Å²) in [5, 5.41) is 14.6. The molecule has 154 valence electrons. The van der Waals surface area contributed by atoms with E-state index >= 15 is 0 Å². The van der Waals surface area contributed by atoms with E-state index in [1.165, 1.54) is 25.7 Å². The number of rotatable bonds is 4. The number of nitrogens with one attached hydrogen (secondary N) is 4. The largest absolute Gasteiger partial charge is 0.377 e. The lowest BCUT2D eigenvalue weighted by atomic mass is 9.68. The highest BCUT2D eigenvalue weighted by atomic mass is 16.5. The average molecular weight is 378 g/mol. The monoisotopic (exact) mass is 377 g/mol. The van der Waals surface area contributed by atoms with E-state index in [1.807, 2.05) is 7.05 Å². The summed E-state index contributed by atoms with van der Waals surface area (Å²) in [6, 6.07) is 1.39. The van der Waals surface area contributed by atoms with E-state index in [1.54, 1.807) is 5.57 Å². The third-order valence-electron chi connectivity index (χ3n) is 7.14. The normalized spacial score (nSPS) is 45.8. The fourth-order valence-corrected chi connectivity index (χ4v) is 5.73. The smallest absolute Gasteiger partial charge is 0.113 e. The van der Waals surface area contributed by atoms with Crippen LogP contribution in [0.15, 0.2) is 11.6 Å². The van der Waals surface area contributed by atoms with Crippen LogP contribution in [0, 0.1) is 11.8 Å². The Morgan fingerprint density at radius 2 is 2.07 bits per heavy atom. The second-order valence-corrected chi connectivity index (χ2v) is 9.24. The molecule has 0 aromatic heterocycles. The lowest BCUT2D eigenvalue weighted by molar-refractivity contribution is -0.0801. The molecule has 6 nitrogen and oxygen atoms in total. The molecule has 0 radical (unpaired) electrons. The van der Waals surface area contributed by atoms with Gasteiger partial charge in [0.05, 0.1) is 12.3 Å². The molecule has 8 atom stereocenters. The summed E-state index contributed by atoms with van der Waals surface area (Å²) in [5.74, 6) is 1.25. The van der Waals surface area contributed by atoms with Crippen molar-refractivity contribution in [2.24, 2.45) is 17.6 Å². The first-order valence-corrected chi connectivity index (χ1v) is 11.1. The highest BCUT2D eigenvalue weighted by Gasteiger charge is 2.42. The van der Waals surface area contributed by atoms with Crippen molar-refractivity contribution >= 4 is 0 Å². The van der Waals surface area contributed by atoms with E-state index in [0.29, 0.717) is 42.2 Å². The van der Waals surface area contributed by atoms with Crippen molar-refractivity contribution in [3.63, 3.8) is 0 Å². The van der Waals surface area contributed by atoms with E-state index in [2.05, 4.69) is 34.3 Å². The van der Waals surface area contributed by atoms with E-state index < -0.39 is 0 Å². The molecule has 0 bridgehead atoms. The van der Waals surface area contributed by atoms with Crippen LogP contribution in [0.4, 0.5) is 0 Å². The molecule has 2 aliphatic heterocycles. The minimum atomic E-state index is 0.173. The molecule has 6 heteroatoms. The molecule has 4 aliphatic rings. The van der Waals surface area contributed by atoms with Gasteiger partial charge < -0.3 is 15.8 Å². The first-order valence-electron chi connectivity index (χ1n) is 11.1. The second kappa shape index (κ2) is 8.89. The number of ether oxygens (including phenoxy) is 1. The van der Waals surface area contributed by atoms with Crippen molar-refractivity contribution in [1.82, 2.24) is 21.3 Å². The second-order valence-electron chi connectivity index (χ2n) is 9.24. The predicted molar refractivity (Wildman–Crippen MR) is 109 cm³/mol. The van der Waals surface area contributed by atoms with Gasteiger partial charge in [-0.25, -0.2) is 0 Å². The van der Waals surface area contributed by atoms with Crippen molar-refractivity contribution in [2.45, 2.75) is 95.0 Å². The van der Waals surface area contributed by atoms with Crippen LogP contribution in [0.25, 0.3) is 0 Å². The fourth-order valence-electron chi connectivity index (χ4n) is 5.73. The minimum absolute atomic E-state index is 0.173. The van der Waals surface area contributed by atoms with Crippen LogP contribution in [0.2, 0.25) is 0 Å². The fraction of sp³-hybridized carbons (Fsp3) is 0.905. The lowest BCUT2D eigenvalue weighted by Crippen LogP contribution is -2.68. The Morgan fingerprint density at radius 3 is 2.85 bits per heavy atom. The highest BCUT2D eigenvalue weighted by Crippen LogP contribution is 2.42. The average Bonchev–Trinajstić information content (AvgIpc) is 2.67. The molecular formula is C21H39N5O. The zero-order valence-corrected chi connectivity index (χ0v) is 17.0. The third-order valence-corrected chi connectivity index (χ3v) is 7.14. The van der Waals surface area contributed by atoms with Crippen LogP contribution in [0.5, 0.6) is 0 Å². The van der Waals surface area contributed by atoms with Crippen LogP contribution >= 0.6 is 0 Å². The summed E-state index contributed by atoms with van der Waals surface area (Å²) in [4.78, 5) is 0. The molecule has 0 spiro atoms. The summed E-state index contributed by atoms with van der Waals surface area (Å²) in [6.07, 6.45) is 12.8. The lowest BCUT2D eigenvalue weighted by Gasteiger charge is -2.47. The van der Waals surface area contributed by atoms with Gasteiger partial charge in [-0.2, -0.15) is 0 Å². The van der Waals surface area contributed by atoms with Crippen molar-refractivity contribution in [1.29, 1.82) is 0 Å². The van der Waals surface area contributed by atoms with E-state index in [0.717, 1.165) is 32.3 Å². The van der Waals surface area contributed by atoms with Crippen molar-refractivity contribution in [3.8, 4) is 0 Å². The van der Waals surface area contributed by atoms with Gasteiger partial charge in [0, 0.05) is 30.7 Å². The highest BCUT2D eigenvalue weighted by molar-refractivity contribution is 5.16. The topological polar surface area (TPSA) is 83.4 Å². The van der Waals surface area contributed by atoms with Gasteiger partial charge in [-0.1, -0.05) is 11.6 Å². The number of nitrogens with two attached hydrogens (primary N) is 1. The standard InChI is InChI=1S/C21H39N5O/c1-13-10-19(23-2)26-21(24-13)25-17-11-15-4-3-9-27-20(15)18(12-17)14-5-7-16(22)8-6-14/h5,13,15-21,23-26H,3-4,6-12,22H2,1-2H3. The summed E-state index contributed by atoms with van der Waals surface area (Å²) in [6.45, 7) is 3.21. The van der Waals surface area contributed by atoms with Crippen LogP contribution in [0.1, 0.15) is 58.3 Å². The molecule has 3 fully saturated rings. The SMILES string of the molecule is CNC1CC(C)NC(NC2CC3CCCOC3C(C3=CCC(N)CC3)C2)N1. The third kappa shape index (κ3) is 4.74. The van der Waals surface area contributed by atoms with Gasteiger partial charge in [-0.3, -0.25) is 16.0 Å². The quantitative estimate of drug-likeness (QED) is 0.476. The Labute approximate surface area is 164 Å². The summed E-state index contributed by atoms with van der Waals surface area (Å²) in [5.41, 5.74) is 7.75. The zero-order chi connectivity index (χ0) is 18.8.